The summed E-state index contributed by atoms with van der Waals surface area (Å²) in [7, 11) is 0. The third kappa shape index (κ3) is 4.14. The number of hydrogen-bond acceptors (Lipinski definition) is 3. The molecule has 2 aromatic heterocycles. The van der Waals surface area contributed by atoms with E-state index in [1.54, 1.807) is 18.3 Å². The molecular weight excluding hydrogens is 434 g/mol. The van der Waals surface area contributed by atoms with E-state index in [0.29, 0.717) is 39.4 Å². The lowest BCUT2D eigenvalue weighted by Gasteiger charge is -2.21. The Morgan fingerprint density at radius 2 is 1.85 bits per heavy atom. The first-order chi connectivity index (χ1) is 15.7. The van der Waals surface area contributed by atoms with Crippen molar-refractivity contribution in [1.29, 1.82) is 0 Å². The number of aromatic amines is 1. The zero-order valence-electron chi connectivity index (χ0n) is 18.2. The van der Waals surface area contributed by atoms with Gasteiger partial charge < -0.3 is 9.72 Å². The molecule has 4 unspecified atom stereocenters. The molecule has 33 heavy (non-hydrogen) atoms. The van der Waals surface area contributed by atoms with E-state index in [0.717, 1.165) is 25.0 Å². The van der Waals surface area contributed by atoms with Crippen LogP contribution in [-0.2, 0) is 6.18 Å². The lowest BCUT2D eigenvalue weighted by molar-refractivity contribution is -0.137. The van der Waals surface area contributed by atoms with Crippen LogP contribution in [-0.4, -0.2) is 21.1 Å². The fourth-order valence-electron chi connectivity index (χ4n) is 5.01. The molecule has 2 aromatic carbocycles. The van der Waals surface area contributed by atoms with Crippen molar-refractivity contribution < 1.29 is 22.3 Å². The number of imidazole rings is 1. The van der Waals surface area contributed by atoms with Crippen LogP contribution in [0.25, 0.3) is 21.9 Å². The molecule has 172 valence electrons. The number of ether oxygens (including phenoxy) is 1. The van der Waals surface area contributed by atoms with Crippen LogP contribution in [0.3, 0.4) is 0 Å². The summed E-state index contributed by atoms with van der Waals surface area (Å²) in [5.74, 6) is 1.52. The number of fused-ring (bicyclic) bond motifs is 2. The number of nitrogens with one attached hydrogen (secondary N) is 1. The van der Waals surface area contributed by atoms with E-state index >= 15 is 0 Å². The Bertz CT molecular complexity index is 1320. The maximum absolute atomic E-state index is 13.8. The van der Waals surface area contributed by atoms with Crippen LogP contribution < -0.4 is 4.74 Å². The molecule has 1 N–H and O–H groups in total. The zero-order valence-corrected chi connectivity index (χ0v) is 18.2. The van der Waals surface area contributed by atoms with Gasteiger partial charge in [-0.15, -0.1) is 0 Å². The SMILES string of the molecule is CC1CC(Oc2ccnc3ccc(F)cc23)CC1C(C)c1nc2ccc(C(F)(F)F)cc2[nH]1. The van der Waals surface area contributed by atoms with Crippen LogP contribution in [0.1, 0.15) is 44.0 Å². The Morgan fingerprint density at radius 1 is 1.06 bits per heavy atom. The Labute approximate surface area is 188 Å². The molecule has 0 bridgehead atoms. The van der Waals surface area contributed by atoms with Crippen LogP contribution in [0, 0.1) is 17.7 Å². The number of H-pyrrole nitrogens is 1. The number of halogens is 4. The highest BCUT2D eigenvalue weighted by molar-refractivity contribution is 5.84. The van der Waals surface area contributed by atoms with E-state index in [4.69, 9.17) is 4.74 Å². The van der Waals surface area contributed by atoms with Gasteiger partial charge in [0.15, 0.2) is 0 Å². The van der Waals surface area contributed by atoms with Crippen LogP contribution in [0.4, 0.5) is 17.6 Å². The van der Waals surface area contributed by atoms with E-state index in [2.05, 4.69) is 21.9 Å². The summed E-state index contributed by atoms with van der Waals surface area (Å²) < 4.78 is 59.2. The minimum atomic E-state index is -4.39. The van der Waals surface area contributed by atoms with Crippen molar-refractivity contribution in [3.05, 3.63) is 65.9 Å². The van der Waals surface area contributed by atoms with E-state index in [9.17, 15) is 17.6 Å². The van der Waals surface area contributed by atoms with Crippen molar-refractivity contribution in [2.45, 2.75) is 44.9 Å². The Balaban J connectivity index is 1.35. The first-order valence-electron chi connectivity index (χ1n) is 11.0. The van der Waals surface area contributed by atoms with Gasteiger partial charge in [-0.05, 0) is 67.1 Å². The first-order valence-corrected chi connectivity index (χ1v) is 11.0. The van der Waals surface area contributed by atoms with Gasteiger partial charge in [0.2, 0.25) is 0 Å². The predicted molar refractivity (Wildman–Crippen MR) is 118 cm³/mol. The largest absolute Gasteiger partial charge is 0.490 e. The van der Waals surface area contributed by atoms with Gasteiger partial charge in [0, 0.05) is 17.5 Å². The Morgan fingerprint density at radius 3 is 2.64 bits per heavy atom. The summed E-state index contributed by atoms with van der Waals surface area (Å²) in [6.45, 7) is 4.20. The van der Waals surface area contributed by atoms with Gasteiger partial charge in [0.1, 0.15) is 17.4 Å². The number of aromatic nitrogens is 3. The van der Waals surface area contributed by atoms with Gasteiger partial charge in [-0.1, -0.05) is 13.8 Å². The van der Waals surface area contributed by atoms with Crippen molar-refractivity contribution >= 4 is 21.9 Å². The summed E-state index contributed by atoms with van der Waals surface area (Å²) in [5.41, 5.74) is 0.885. The molecule has 0 spiro atoms. The van der Waals surface area contributed by atoms with Gasteiger partial charge in [-0.3, -0.25) is 4.98 Å². The molecule has 2 heterocycles. The van der Waals surface area contributed by atoms with Crippen molar-refractivity contribution in [3.63, 3.8) is 0 Å². The fraction of sp³-hybridized carbons (Fsp3) is 0.360. The van der Waals surface area contributed by atoms with Crippen LogP contribution in [0.5, 0.6) is 5.75 Å². The molecule has 4 aromatic rings. The summed E-state index contributed by atoms with van der Waals surface area (Å²) >= 11 is 0. The maximum atomic E-state index is 13.8. The van der Waals surface area contributed by atoms with Crippen LogP contribution in [0.15, 0.2) is 48.7 Å². The van der Waals surface area contributed by atoms with E-state index in [1.165, 1.54) is 18.2 Å². The van der Waals surface area contributed by atoms with Crippen molar-refractivity contribution in [2.24, 2.45) is 11.8 Å². The molecule has 4 nitrogen and oxygen atoms in total. The van der Waals surface area contributed by atoms with Crippen molar-refractivity contribution in [2.75, 3.05) is 0 Å². The molecule has 5 rings (SSSR count). The third-order valence-corrected chi connectivity index (χ3v) is 6.76. The number of pyridine rings is 1. The average molecular weight is 457 g/mol. The number of nitrogens with zero attached hydrogens (tertiary/aromatic N) is 2. The molecule has 8 heteroatoms. The summed E-state index contributed by atoms with van der Waals surface area (Å²) in [6.07, 6.45) is -1.20. The minimum Gasteiger partial charge on any atom is -0.490 e. The predicted octanol–water partition coefficient (Wildman–Crippen LogP) is 6.87. The second-order valence-corrected chi connectivity index (χ2v) is 8.96. The summed E-state index contributed by atoms with van der Waals surface area (Å²) in [5, 5.41) is 0.638. The number of rotatable bonds is 4. The second-order valence-electron chi connectivity index (χ2n) is 8.96. The minimum absolute atomic E-state index is 0.0157. The maximum Gasteiger partial charge on any atom is 0.416 e. The van der Waals surface area contributed by atoms with Gasteiger partial charge in [0.25, 0.3) is 0 Å². The van der Waals surface area contributed by atoms with Crippen LogP contribution in [0.2, 0.25) is 0 Å². The molecule has 0 amide bonds. The molecule has 1 aliphatic rings. The van der Waals surface area contributed by atoms with Gasteiger partial charge in [-0.2, -0.15) is 13.2 Å². The van der Waals surface area contributed by atoms with E-state index in [1.807, 2.05) is 6.92 Å². The lowest BCUT2D eigenvalue weighted by Crippen LogP contribution is -2.16. The number of benzene rings is 2. The molecule has 4 atom stereocenters. The Hall–Kier alpha value is -3.16. The molecule has 0 saturated heterocycles. The molecular formula is C25H23F4N3O. The second kappa shape index (κ2) is 8.01. The highest BCUT2D eigenvalue weighted by Crippen LogP contribution is 2.43. The third-order valence-electron chi connectivity index (χ3n) is 6.76. The molecule has 1 aliphatic carbocycles. The number of hydrogen-bond donors (Lipinski definition) is 1. The molecule has 1 saturated carbocycles. The Kier molecular flexibility index (Phi) is 5.26. The topological polar surface area (TPSA) is 50.8 Å². The zero-order chi connectivity index (χ0) is 23.3. The highest BCUT2D eigenvalue weighted by Gasteiger charge is 2.38. The quantitative estimate of drug-likeness (QED) is 0.340. The fourth-order valence-corrected chi connectivity index (χ4v) is 5.01. The molecule has 1 fully saturated rings. The monoisotopic (exact) mass is 457 g/mol. The first kappa shape index (κ1) is 21.7. The van der Waals surface area contributed by atoms with Gasteiger partial charge in [0.05, 0.1) is 28.2 Å². The average Bonchev–Trinajstić information content (AvgIpc) is 3.35. The summed E-state index contributed by atoms with van der Waals surface area (Å²) in [4.78, 5) is 11.9. The van der Waals surface area contributed by atoms with Crippen molar-refractivity contribution in [1.82, 2.24) is 15.0 Å². The highest BCUT2D eigenvalue weighted by atomic mass is 19.4. The lowest BCUT2D eigenvalue weighted by atomic mass is 9.85. The van der Waals surface area contributed by atoms with Crippen molar-refractivity contribution in [3.8, 4) is 5.75 Å². The van der Waals surface area contributed by atoms with E-state index in [-0.39, 0.29) is 23.8 Å². The molecule has 0 aliphatic heterocycles. The standard InChI is InChI=1S/C25H23F4N3O/c1-13-9-17(33-23-7-8-30-20-6-4-16(26)11-19(20)23)12-18(13)14(2)24-31-21-5-3-15(25(27,28)29)10-22(21)32-24/h3-8,10-11,13-14,17-18H,9,12H2,1-2H3,(H,31,32). The smallest absolute Gasteiger partial charge is 0.416 e. The normalized spacial score (nSPS) is 22.2. The summed E-state index contributed by atoms with van der Waals surface area (Å²) in [6, 6.07) is 9.76. The van der Waals surface area contributed by atoms with Gasteiger partial charge >= 0.3 is 6.18 Å². The van der Waals surface area contributed by atoms with Crippen LogP contribution >= 0.6 is 0 Å². The molecule has 0 radical (unpaired) electrons. The number of alkyl halides is 3. The van der Waals surface area contributed by atoms with E-state index < -0.39 is 11.7 Å². The van der Waals surface area contributed by atoms with Gasteiger partial charge in [-0.25, -0.2) is 9.37 Å².